The van der Waals surface area contributed by atoms with Gasteiger partial charge in [0.25, 0.3) is 0 Å². The first kappa shape index (κ1) is 12.0. The molecule has 82 valence electrons. The highest BCUT2D eigenvalue weighted by molar-refractivity contribution is 5.96. The van der Waals surface area contributed by atoms with Crippen LogP contribution in [0.2, 0.25) is 0 Å². The molecule has 0 bridgehead atoms. The fourth-order valence-electron chi connectivity index (χ4n) is 1.63. The zero-order valence-corrected chi connectivity index (χ0v) is 9.92. The zero-order valence-electron chi connectivity index (χ0n) is 9.92. The molecule has 0 heterocycles. The van der Waals surface area contributed by atoms with Crippen LogP contribution in [0.1, 0.15) is 49.0 Å². The van der Waals surface area contributed by atoms with Gasteiger partial charge in [-0.1, -0.05) is 44.0 Å². The van der Waals surface area contributed by atoms with Gasteiger partial charge in [-0.05, 0) is 25.3 Å². The Morgan fingerprint density at radius 2 is 2.07 bits per heavy atom. The van der Waals surface area contributed by atoms with Gasteiger partial charge >= 0.3 is 0 Å². The first-order valence-corrected chi connectivity index (χ1v) is 5.69. The molecule has 0 saturated heterocycles. The number of hydrogen-bond donors (Lipinski definition) is 0. The summed E-state index contributed by atoms with van der Waals surface area (Å²) in [7, 11) is 0. The number of aryl methyl sites for hydroxylation is 1. The number of carbonyl (C=O) groups is 1. The van der Waals surface area contributed by atoms with E-state index < -0.39 is 0 Å². The minimum Gasteiger partial charge on any atom is -0.294 e. The summed E-state index contributed by atoms with van der Waals surface area (Å²) in [5.74, 6) is 0.967. The van der Waals surface area contributed by atoms with Crippen LogP contribution in [-0.2, 0) is 0 Å². The van der Waals surface area contributed by atoms with E-state index in [9.17, 15) is 4.79 Å². The summed E-state index contributed by atoms with van der Waals surface area (Å²) in [5, 5.41) is 0. The SMILES string of the molecule is Cc1cccc(C(=O)CCCC(C)C)c1. The van der Waals surface area contributed by atoms with Crippen molar-refractivity contribution in [1.82, 2.24) is 0 Å². The van der Waals surface area contributed by atoms with Gasteiger partial charge in [0.05, 0.1) is 0 Å². The summed E-state index contributed by atoms with van der Waals surface area (Å²) in [6.45, 7) is 6.40. The van der Waals surface area contributed by atoms with Crippen molar-refractivity contribution in [2.75, 3.05) is 0 Å². The van der Waals surface area contributed by atoms with Crippen molar-refractivity contribution in [2.24, 2.45) is 5.92 Å². The van der Waals surface area contributed by atoms with Crippen LogP contribution in [0.25, 0.3) is 0 Å². The lowest BCUT2D eigenvalue weighted by molar-refractivity contribution is 0.0978. The second kappa shape index (κ2) is 5.69. The van der Waals surface area contributed by atoms with Crippen LogP contribution in [0.3, 0.4) is 0 Å². The van der Waals surface area contributed by atoms with Crippen molar-refractivity contribution in [1.29, 1.82) is 0 Å². The minimum atomic E-state index is 0.277. The van der Waals surface area contributed by atoms with Crippen LogP contribution in [-0.4, -0.2) is 5.78 Å². The van der Waals surface area contributed by atoms with E-state index in [4.69, 9.17) is 0 Å². The predicted octanol–water partition coefficient (Wildman–Crippen LogP) is 4.00. The third-order valence-corrected chi connectivity index (χ3v) is 2.53. The molecular formula is C14H20O. The molecule has 1 aromatic rings. The van der Waals surface area contributed by atoms with Gasteiger partial charge in [-0.2, -0.15) is 0 Å². The van der Waals surface area contributed by atoms with E-state index in [1.807, 2.05) is 31.2 Å². The molecule has 1 aromatic carbocycles. The van der Waals surface area contributed by atoms with Crippen LogP contribution in [0.5, 0.6) is 0 Å². The number of rotatable bonds is 5. The second-order valence-electron chi connectivity index (χ2n) is 4.58. The normalized spacial score (nSPS) is 10.7. The molecule has 1 nitrogen and oxygen atoms in total. The van der Waals surface area contributed by atoms with E-state index in [-0.39, 0.29) is 5.78 Å². The molecule has 0 fully saturated rings. The molecule has 0 unspecified atom stereocenters. The van der Waals surface area contributed by atoms with E-state index in [1.165, 1.54) is 0 Å². The Labute approximate surface area is 92.5 Å². The Morgan fingerprint density at radius 1 is 1.33 bits per heavy atom. The van der Waals surface area contributed by atoms with Gasteiger partial charge in [-0.25, -0.2) is 0 Å². The number of benzene rings is 1. The molecule has 0 saturated carbocycles. The van der Waals surface area contributed by atoms with Gasteiger partial charge in [-0.3, -0.25) is 4.79 Å². The average molecular weight is 204 g/mol. The smallest absolute Gasteiger partial charge is 0.162 e. The zero-order chi connectivity index (χ0) is 11.3. The van der Waals surface area contributed by atoms with Crippen molar-refractivity contribution in [3.63, 3.8) is 0 Å². The maximum atomic E-state index is 11.8. The van der Waals surface area contributed by atoms with E-state index in [2.05, 4.69) is 13.8 Å². The molecule has 1 heteroatoms. The number of ketones is 1. The highest BCUT2D eigenvalue weighted by atomic mass is 16.1. The highest BCUT2D eigenvalue weighted by Crippen LogP contribution is 2.11. The van der Waals surface area contributed by atoms with Crippen LogP contribution in [0.4, 0.5) is 0 Å². The molecule has 0 spiro atoms. The Kier molecular flexibility index (Phi) is 4.54. The molecule has 0 N–H and O–H groups in total. The van der Waals surface area contributed by atoms with Gasteiger partial charge in [-0.15, -0.1) is 0 Å². The van der Waals surface area contributed by atoms with Crippen LogP contribution in [0, 0.1) is 12.8 Å². The number of Topliss-reactive ketones (excluding diaryl/α,β-unsaturated/α-hetero) is 1. The molecule has 0 radical (unpaired) electrons. The summed E-state index contributed by atoms with van der Waals surface area (Å²) >= 11 is 0. The number of carbonyl (C=O) groups excluding carboxylic acids is 1. The van der Waals surface area contributed by atoms with Gasteiger partial charge in [0.2, 0.25) is 0 Å². The van der Waals surface area contributed by atoms with Crippen molar-refractivity contribution in [3.8, 4) is 0 Å². The molecule has 0 amide bonds. The van der Waals surface area contributed by atoms with Crippen molar-refractivity contribution >= 4 is 5.78 Å². The molecule has 1 rings (SSSR count). The minimum absolute atomic E-state index is 0.277. The summed E-state index contributed by atoms with van der Waals surface area (Å²) in [6.07, 6.45) is 2.82. The summed E-state index contributed by atoms with van der Waals surface area (Å²) in [6, 6.07) is 7.85. The highest BCUT2D eigenvalue weighted by Gasteiger charge is 2.05. The van der Waals surface area contributed by atoms with E-state index >= 15 is 0 Å². The quantitative estimate of drug-likeness (QED) is 0.662. The summed E-state index contributed by atoms with van der Waals surface area (Å²) < 4.78 is 0. The number of hydrogen-bond acceptors (Lipinski definition) is 1. The molecule has 0 aliphatic rings. The Balaban J connectivity index is 2.47. The van der Waals surface area contributed by atoms with Crippen molar-refractivity contribution in [2.45, 2.75) is 40.0 Å². The van der Waals surface area contributed by atoms with Crippen molar-refractivity contribution in [3.05, 3.63) is 35.4 Å². The maximum absolute atomic E-state index is 11.8. The molecule has 15 heavy (non-hydrogen) atoms. The summed E-state index contributed by atoms with van der Waals surface area (Å²) in [4.78, 5) is 11.8. The molecule has 0 atom stereocenters. The average Bonchev–Trinajstić information content (AvgIpc) is 2.17. The standard InChI is InChI=1S/C14H20O/c1-11(2)6-4-9-14(15)13-8-5-7-12(3)10-13/h5,7-8,10-11H,4,6,9H2,1-3H3. The lowest BCUT2D eigenvalue weighted by Gasteiger charge is -2.04. The van der Waals surface area contributed by atoms with Gasteiger partial charge < -0.3 is 0 Å². The second-order valence-corrected chi connectivity index (χ2v) is 4.58. The summed E-state index contributed by atoms with van der Waals surface area (Å²) in [5.41, 5.74) is 2.02. The van der Waals surface area contributed by atoms with Crippen LogP contribution in [0.15, 0.2) is 24.3 Å². The first-order chi connectivity index (χ1) is 7.09. The molecule has 0 aromatic heterocycles. The van der Waals surface area contributed by atoms with E-state index in [1.54, 1.807) is 0 Å². The lowest BCUT2D eigenvalue weighted by atomic mass is 10.0. The molecule has 0 aliphatic carbocycles. The first-order valence-electron chi connectivity index (χ1n) is 5.69. The topological polar surface area (TPSA) is 17.1 Å². The van der Waals surface area contributed by atoms with Gasteiger partial charge in [0, 0.05) is 12.0 Å². The Bertz CT molecular complexity index is 326. The third kappa shape index (κ3) is 4.28. The fraction of sp³-hybridized carbons (Fsp3) is 0.500. The monoisotopic (exact) mass is 204 g/mol. The van der Waals surface area contributed by atoms with E-state index in [0.717, 1.165) is 24.0 Å². The van der Waals surface area contributed by atoms with Crippen molar-refractivity contribution < 1.29 is 4.79 Å². The Morgan fingerprint density at radius 3 is 2.67 bits per heavy atom. The third-order valence-electron chi connectivity index (χ3n) is 2.53. The molecular weight excluding hydrogens is 184 g/mol. The lowest BCUT2D eigenvalue weighted by Crippen LogP contribution is -2.00. The Hall–Kier alpha value is -1.11. The van der Waals surface area contributed by atoms with Crippen LogP contribution >= 0.6 is 0 Å². The van der Waals surface area contributed by atoms with Crippen LogP contribution < -0.4 is 0 Å². The van der Waals surface area contributed by atoms with E-state index in [0.29, 0.717) is 12.3 Å². The fourth-order valence-corrected chi connectivity index (χ4v) is 1.63. The largest absolute Gasteiger partial charge is 0.294 e. The molecule has 0 aliphatic heterocycles. The maximum Gasteiger partial charge on any atom is 0.162 e. The predicted molar refractivity (Wildman–Crippen MR) is 64.2 cm³/mol. The van der Waals surface area contributed by atoms with Gasteiger partial charge in [0.15, 0.2) is 5.78 Å². The van der Waals surface area contributed by atoms with Gasteiger partial charge in [0.1, 0.15) is 0 Å².